The zero-order valence-corrected chi connectivity index (χ0v) is 16.9. The number of β-amino-alcohol motifs (C(OH)–C–C–N with tert-alkyl or cyclic N) is 1. The van der Waals surface area contributed by atoms with Crippen molar-refractivity contribution in [2.45, 2.75) is 6.10 Å². The van der Waals surface area contributed by atoms with Crippen LogP contribution in [0.25, 0.3) is 17.0 Å². The predicted molar refractivity (Wildman–Crippen MR) is 118 cm³/mol. The Morgan fingerprint density at radius 2 is 1.83 bits per heavy atom. The zero-order chi connectivity index (χ0) is 20.1. The van der Waals surface area contributed by atoms with E-state index in [2.05, 4.69) is 51.2 Å². The Morgan fingerprint density at radius 3 is 2.59 bits per heavy atom. The number of fused-ring (bicyclic) bond motifs is 1. The van der Waals surface area contributed by atoms with E-state index in [0.717, 1.165) is 54.9 Å². The fraction of sp³-hybridized carbons (Fsp3) is 0.333. The lowest BCUT2D eigenvalue weighted by Crippen LogP contribution is -2.47. The molecule has 5 nitrogen and oxygen atoms in total. The number of nitrogens with zero attached hydrogens (tertiary/aromatic N) is 2. The van der Waals surface area contributed by atoms with E-state index in [4.69, 9.17) is 4.74 Å². The molecule has 3 aromatic rings. The first-order valence-corrected chi connectivity index (χ1v) is 10.2. The number of benzene rings is 2. The van der Waals surface area contributed by atoms with Crippen LogP contribution in [0.1, 0.15) is 17.2 Å². The first-order chi connectivity index (χ1) is 14.2. The molecule has 152 valence electrons. The molecule has 2 aromatic carbocycles. The molecule has 1 saturated heterocycles. The fourth-order valence-corrected chi connectivity index (χ4v) is 3.92. The van der Waals surface area contributed by atoms with Gasteiger partial charge in [-0.05, 0) is 23.8 Å². The third kappa shape index (κ3) is 4.88. The number of ether oxygens (including phenoxy) is 1. The van der Waals surface area contributed by atoms with E-state index in [-0.39, 0.29) is 0 Å². The maximum atomic E-state index is 10.8. The van der Waals surface area contributed by atoms with E-state index < -0.39 is 6.10 Å². The number of aliphatic hydroxyl groups excluding tert-OH is 1. The first kappa shape index (κ1) is 19.7. The number of methoxy groups -OCH3 is 1. The van der Waals surface area contributed by atoms with Crippen molar-refractivity contribution in [3.8, 4) is 5.75 Å². The van der Waals surface area contributed by atoms with Gasteiger partial charge in [0, 0.05) is 61.9 Å². The lowest BCUT2D eigenvalue weighted by Gasteiger charge is -2.35. The van der Waals surface area contributed by atoms with E-state index in [0.29, 0.717) is 6.54 Å². The van der Waals surface area contributed by atoms with Gasteiger partial charge in [-0.25, -0.2) is 0 Å². The lowest BCUT2D eigenvalue weighted by molar-refractivity contribution is 0.0770. The van der Waals surface area contributed by atoms with Gasteiger partial charge in [0.25, 0.3) is 0 Å². The Hall–Kier alpha value is -2.60. The van der Waals surface area contributed by atoms with E-state index in [9.17, 15) is 5.11 Å². The van der Waals surface area contributed by atoms with Crippen LogP contribution >= 0.6 is 0 Å². The Labute approximate surface area is 172 Å². The van der Waals surface area contributed by atoms with Crippen LogP contribution in [0.3, 0.4) is 0 Å². The summed E-state index contributed by atoms with van der Waals surface area (Å²) in [6.45, 7) is 5.61. The van der Waals surface area contributed by atoms with Gasteiger partial charge in [-0.2, -0.15) is 0 Å². The van der Waals surface area contributed by atoms with Gasteiger partial charge in [0.1, 0.15) is 5.75 Å². The van der Waals surface area contributed by atoms with Crippen LogP contribution in [-0.4, -0.2) is 66.3 Å². The lowest BCUT2D eigenvalue weighted by atomic mass is 10.1. The van der Waals surface area contributed by atoms with Crippen LogP contribution in [0.15, 0.2) is 60.8 Å². The standard InChI is InChI=1S/C24H29N3O2/c1-29-20-9-10-23-21(16-20)22(17-25-23)24(28)18-27-14-12-26(13-15-27)11-5-8-19-6-3-2-4-7-19/h2-10,16-17,24-25,28H,11-15,18H2,1H3/b8-5+/t24-/m0/s1. The Bertz CT molecular complexity index is 943. The number of aromatic nitrogens is 1. The molecule has 2 heterocycles. The van der Waals surface area contributed by atoms with Crippen molar-refractivity contribution in [3.05, 3.63) is 71.9 Å². The normalized spacial score (nSPS) is 17.2. The highest BCUT2D eigenvalue weighted by Gasteiger charge is 2.21. The Balaban J connectivity index is 1.29. The molecule has 1 aliphatic rings. The summed E-state index contributed by atoms with van der Waals surface area (Å²) in [4.78, 5) is 8.06. The smallest absolute Gasteiger partial charge is 0.119 e. The highest BCUT2D eigenvalue weighted by molar-refractivity contribution is 5.85. The molecule has 5 heteroatoms. The van der Waals surface area contributed by atoms with Crippen LogP contribution in [0.5, 0.6) is 5.75 Å². The average Bonchev–Trinajstić information content (AvgIpc) is 3.19. The van der Waals surface area contributed by atoms with Gasteiger partial charge in [0.05, 0.1) is 13.2 Å². The molecule has 1 aliphatic heterocycles. The van der Waals surface area contributed by atoms with E-state index in [1.807, 2.05) is 30.5 Å². The van der Waals surface area contributed by atoms with Crippen LogP contribution in [-0.2, 0) is 0 Å². The van der Waals surface area contributed by atoms with E-state index in [1.165, 1.54) is 5.56 Å². The van der Waals surface area contributed by atoms with Crippen molar-refractivity contribution in [1.29, 1.82) is 0 Å². The summed E-state index contributed by atoms with van der Waals surface area (Å²) in [6.07, 6.45) is 5.82. The van der Waals surface area contributed by atoms with Gasteiger partial charge in [0.2, 0.25) is 0 Å². The molecule has 0 amide bonds. The van der Waals surface area contributed by atoms with Crippen LogP contribution in [0.4, 0.5) is 0 Å². The number of hydrogen-bond acceptors (Lipinski definition) is 4. The van der Waals surface area contributed by atoms with E-state index >= 15 is 0 Å². The van der Waals surface area contributed by atoms with Crippen LogP contribution in [0.2, 0.25) is 0 Å². The summed E-state index contributed by atoms with van der Waals surface area (Å²) < 4.78 is 5.33. The molecule has 1 aromatic heterocycles. The minimum Gasteiger partial charge on any atom is -0.497 e. The molecular formula is C24H29N3O2. The second-order valence-electron chi connectivity index (χ2n) is 7.59. The minimum atomic E-state index is -0.514. The Kier molecular flexibility index (Phi) is 6.30. The fourth-order valence-electron chi connectivity index (χ4n) is 3.92. The quantitative estimate of drug-likeness (QED) is 0.647. The van der Waals surface area contributed by atoms with Gasteiger partial charge in [-0.3, -0.25) is 9.80 Å². The summed E-state index contributed by atoms with van der Waals surface area (Å²) in [5, 5.41) is 11.9. The molecule has 29 heavy (non-hydrogen) atoms. The summed E-state index contributed by atoms with van der Waals surface area (Å²) >= 11 is 0. The summed E-state index contributed by atoms with van der Waals surface area (Å²) in [7, 11) is 1.67. The largest absolute Gasteiger partial charge is 0.497 e. The highest BCUT2D eigenvalue weighted by Crippen LogP contribution is 2.28. The van der Waals surface area contributed by atoms with Crippen molar-refractivity contribution in [3.63, 3.8) is 0 Å². The van der Waals surface area contributed by atoms with Gasteiger partial charge < -0.3 is 14.8 Å². The summed E-state index contributed by atoms with van der Waals surface area (Å²) in [5.74, 6) is 0.808. The van der Waals surface area contributed by atoms with Crippen molar-refractivity contribution in [2.75, 3.05) is 46.4 Å². The molecule has 1 fully saturated rings. The molecule has 0 saturated carbocycles. The van der Waals surface area contributed by atoms with Crippen molar-refractivity contribution < 1.29 is 9.84 Å². The van der Waals surface area contributed by atoms with Crippen molar-refractivity contribution in [2.24, 2.45) is 0 Å². The molecule has 0 unspecified atom stereocenters. The number of H-pyrrole nitrogens is 1. The van der Waals surface area contributed by atoms with Crippen molar-refractivity contribution >= 4 is 17.0 Å². The van der Waals surface area contributed by atoms with Gasteiger partial charge in [-0.15, -0.1) is 0 Å². The number of nitrogens with one attached hydrogen (secondary N) is 1. The average molecular weight is 392 g/mol. The van der Waals surface area contributed by atoms with Gasteiger partial charge in [0.15, 0.2) is 0 Å². The minimum absolute atomic E-state index is 0.514. The molecule has 0 aliphatic carbocycles. The van der Waals surface area contributed by atoms with Crippen LogP contribution < -0.4 is 4.74 Å². The monoisotopic (exact) mass is 391 g/mol. The number of hydrogen-bond donors (Lipinski definition) is 2. The Morgan fingerprint density at radius 1 is 1.07 bits per heavy atom. The van der Waals surface area contributed by atoms with Crippen molar-refractivity contribution in [1.82, 2.24) is 14.8 Å². The maximum absolute atomic E-state index is 10.8. The number of aliphatic hydroxyl groups is 1. The molecule has 1 atom stereocenters. The maximum Gasteiger partial charge on any atom is 0.119 e. The van der Waals surface area contributed by atoms with Gasteiger partial charge in [-0.1, -0.05) is 42.5 Å². The zero-order valence-electron chi connectivity index (χ0n) is 16.9. The second kappa shape index (κ2) is 9.27. The summed E-state index contributed by atoms with van der Waals surface area (Å²) in [6, 6.07) is 16.3. The summed E-state index contributed by atoms with van der Waals surface area (Å²) in [5.41, 5.74) is 3.20. The topological polar surface area (TPSA) is 51.7 Å². The molecule has 0 radical (unpaired) electrons. The van der Waals surface area contributed by atoms with Gasteiger partial charge >= 0.3 is 0 Å². The molecule has 4 rings (SSSR count). The molecular weight excluding hydrogens is 362 g/mol. The third-order valence-corrected chi connectivity index (χ3v) is 5.65. The number of piperazine rings is 1. The van der Waals surface area contributed by atoms with Crippen LogP contribution in [0, 0.1) is 0 Å². The predicted octanol–water partition coefficient (Wildman–Crippen LogP) is 3.54. The SMILES string of the molecule is COc1ccc2[nH]cc([C@@H](O)CN3CCN(C/C=C/c4ccccc4)CC3)c2c1. The highest BCUT2D eigenvalue weighted by atomic mass is 16.5. The number of rotatable bonds is 7. The molecule has 0 spiro atoms. The molecule has 2 N–H and O–H groups in total. The first-order valence-electron chi connectivity index (χ1n) is 10.2. The second-order valence-corrected chi connectivity index (χ2v) is 7.59. The number of aromatic amines is 1. The van der Waals surface area contributed by atoms with E-state index in [1.54, 1.807) is 7.11 Å². The third-order valence-electron chi connectivity index (χ3n) is 5.65. The molecule has 0 bridgehead atoms.